The number of hydrogen-bond donors (Lipinski definition) is 0. The number of fused-ring (bicyclic) bond motifs is 13. The van der Waals surface area contributed by atoms with Gasteiger partial charge in [0.1, 0.15) is 0 Å². The second kappa shape index (κ2) is 16.3. The Hall–Kier alpha value is -7.34. The zero-order valence-electron chi connectivity index (χ0n) is 45.9. The molecule has 0 saturated heterocycles. The lowest BCUT2D eigenvalue weighted by molar-refractivity contribution is 0.590. The van der Waals surface area contributed by atoms with Crippen LogP contribution < -0.4 is 36.3 Å². The molecule has 3 nitrogen and oxygen atoms in total. The van der Waals surface area contributed by atoms with Crippen molar-refractivity contribution in [2.24, 2.45) is 0 Å². The fourth-order valence-electron chi connectivity index (χ4n) is 13.2. The van der Waals surface area contributed by atoms with E-state index in [1.54, 1.807) is 0 Å². The Balaban J connectivity index is 1.17. The lowest BCUT2D eigenvalue weighted by Crippen LogP contribution is -2.63. The molecule has 5 heteroatoms. The van der Waals surface area contributed by atoms with Crippen molar-refractivity contribution < 1.29 is 0 Å². The van der Waals surface area contributed by atoms with Gasteiger partial charge in [0, 0.05) is 39.8 Å². The van der Waals surface area contributed by atoms with E-state index in [1.807, 2.05) is 0 Å². The van der Waals surface area contributed by atoms with Crippen molar-refractivity contribution >= 4 is 87.5 Å². The third kappa shape index (κ3) is 7.06. The molecule has 1 aliphatic carbocycles. The molecule has 3 heterocycles. The molecular weight excluding hydrogens is 922 g/mol. The predicted molar refractivity (Wildman–Crippen MR) is 325 cm³/mol. The Morgan fingerprint density at radius 2 is 0.880 bits per heavy atom. The van der Waals surface area contributed by atoms with Crippen molar-refractivity contribution in [1.82, 2.24) is 0 Å². The van der Waals surface area contributed by atoms with Crippen LogP contribution in [0.4, 0.5) is 51.2 Å². The molecule has 0 saturated carbocycles. The van der Waals surface area contributed by atoms with E-state index in [4.69, 9.17) is 0 Å². The highest BCUT2D eigenvalue weighted by molar-refractivity contribution is 7.00. The minimum atomic E-state index is -1.79. The number of benzene rings is 9. The van der Waals surface area contributed by atoms with E-state index >= 15 is 0 Å². The average molecular weight is 990 g/mol. The summed E-state index contributed by atoms with van der Waals surface area (Å²) in [6, 6.07) is 75.8. The summed E-state index contributed by atoms with van der Waals surface area (Å²) in [5.41, 5.74) is 26.2. The highest BCUT2D eigenvalue weighted by Gasteiger charge is 2.55. The van der Waals surface area contributed by atoms with Gasteiger partial charge >= 0.3 is 0 Å². The molecule has 0 fully saturated rings. The highest BCUT2D eigenvalue weighted by Crippen LogP contribution is 2.64. The largest absolute Gasteiger partial charge is 0.311 e. The lowest BCUT2D eigenvalue weighted by atomic mass is 9.33. The van der Waals surface area contributed by atoms with Crippen LogP contribution in [0.2, 0.25) is 19.6 Å². The van der Waals surface area contributed by atoms with Crippen LogP contribution in [0.3, 0.4) is 0 Å². The quantitative estimate of drug-likeness (QED) is 0.159. The van der Waals surface area contributed by atoms with Crippen LogP contribution in [0.5, 0.6) is 0 Å². The summed E-state index contributed by atoms with van der Waals surface area (Å²) in [7, 11) is -1.79. The van der Waals surface area contributed by atoms with Gasteiger partial charge in [0.05, 0.1) is 24.9 Å². The molecule has 0 atom stereocenters. The van der Waals surface area contributed by atoms with E-state index in [-0.39, 0.29) is 23.0 Å². The van der Waals surface area contributed by atoms with Gasteiger partial charge in [0.15, 0.2) is 0 Å². The molecule has 75 heavy (non-hydrogen) atoms. The molecule has 0 N–H and O–H groups in total. The van der Waals surface area contributed by atoms with E-state index < -0.39 is 13.5 Å². The topological polar surface area (TPSA) is 9.72 Å². The molecule has 0 radical (unpaired) electrons. The minimum absolute atomic E-state index is 0.0123. The molecular formula is C70H68BN3Si. The van der Waals surface area contributed by atoms with Gasteiger partial charge in [0.25, 0.3) is 6.71 Å². The Bertz CT molecular complexity index is 3660. The van der Waals surface area contributed by atoms with Gasteiger partial charge < -0.3 is 14.7 Å². The lowest BCUT2D eigenvalue weighted by Gasteiger charge is -2.51. The first-order valence-electron chi connectivity index (χ1n) is 27.2. The maximum absolute atomic E-state index is 2.68. The number of hydrogen-bond acceptors (Lipinski definition) is 3. The Morgan fingerprint density at radius 1 is 0.400 bits per heavy atom. The smallest absolute Gasteiger partial charge is 0.252 e. The third-order valence-electron chi connectivity index (χ3n) is 17.1. The van der Waals surface area contributed by atoms with Crippen LogP contribution in [-0.2, 0) is 21.7 Å². The normalized spacial score (nSPS) is 14.7. The van der Waals surface area contributed by atoms with Crippen LogP contribution in [-0.4, -0.2) is 14.8 Å². The SMILES string of the molecule is CC(C)(C)c1ccc(N(c2ccc(C(C)(C)C)cc2)c2cc3c4c(c2)N2c5ccccc5C5(c6ccccc6-c6ccccc65)c5cccc(c52)B4c2ccc([Si](C)(C)C)cc2N3c2ccc(C(C)(C)C)cc2)cc1. The van der Waals surface area contributed by atoms with Gasteiger partial charge in [-0.25, -0.2) is 0 Å². The number of rotatable bonds is 5. The summed E-state index contributed by atoms with van der Waals surface area (Å²) >= 11 is 0. The molecule has 0 aromatic heterocycles. The summed E-state index contributed by atoms with van der Waals surface area (Å²) in [5.74, 6) is 0. The molecule has 9 aromatic carbocycles. The van der Waals surface area contributed by atoms with Crippen LogP contribution >= 0.6 is 0 Å². The zero-order chi connectivity index (χ0) is 52.1. The van der Waals surface area contributed by atoms with Crippen LogP contribution in [0, 0.1) is 0 Å². The van der Waals surface area contributed by atoms with Gasteiger partial charge in [-0.1, -0.05) is 221 Å². The highest BCUT2D eigenvalue weighted by atomic mass is 28.3. The van der Waals surface area contributed by atoms with Gasteiger partial charge in [-0.3, -0.25) is 0 Å². The fraction of sp³-hybridized carbons (Fsp3) is 0.229. The number of para-hydroxylation sites is 2. The summed E-state index contributed by atoms with van der Waals surface area (Å²) in [5, 5.41) is 1.46. The van der Waals surface area contributed by atoms with Crippen molar-refractivity contribution in [3.05, 3.63) is 233 Å². The van der Waals surface area contributed by atoms with Crippen LogP contribution in [0.25, 0.3) is 11.1 Å². The van der Waals surface area contributed by atoms with E-state index in [0.717, 1.165) is 17.1 Å². The van der Waals surface area contributed by atoms with Gasteiger partial charge in [-0.05, 0) is 143 Å². The van der Waals surface area contributed by atoms with Gasteiger partial charge in [-0.2, -0.15) is 0 Å². The van der Waals surface area contributed by atoms with Crippen molar-refractivity contribution in [2.45, 2.75) is 104 Å². The van der Waals surface area contributed by atoms with Gasteiger partial charge in [-0.15, -0.1) is 0 Å². The van der Waals surface area contributed by atoms with E-state index in [0.29, 0.717) is 0 Å². The first kappa shape index (κ1) is 47.4. The Labute approximate surface area is 447 Å². The molecule has 0 amide bonds. The molecule has 9 aromatic rings. The number of nitrogens with zero attached hydrogens (tertiary/aromatic N) is 3. The molecule has 0 bridgehead atoms. The summed E-state index contributed by atoms with van der Waals surface area (Å²) in [6.07, 6.45) is 0. The van der Waals surface area contributed by atoms with Crippen molar-refractivity contribution in [3.8, 4) is 11.1 Å². The first-order chi connectivity index (χ1) is 35.7. The maximum Gasteiger partial charge on any atom is 0.252 e. The molecule has 0 unspecified atom stereocenters. The van der Waals surface area contributed by atoms with Gasteiger partial charge in [0.2, 0.25) is 0 Å². The van der Waals surface area contributed by atoms with Crippen LogP contribution in [0.1, 0.15) is 101 Å². The third-order valence-corrected chi connectivity index (χ3v) is 19.1. The van der Waals surface area contributed by atoms with Crippen molar-refractivity contribution in [2.75, 3.05) is 14.7 Å². The second-order valence-corrected chi connectivity index (χ2v) is 30.9. The monoisotopic (exact) mass is 990 g/mol. The zero-order valence-corrected chi connectivity index (χ0v) is 46.9. The Kier molecular flexibility index (Phi) is 10.3. The summed E-state index contributed by atoms with van der Waals surface area (Å²) < 4.78 is 0. The van der Waals surface area contributed by atoms with Crippen molar-refractivity contribution in [1.29, 1.82) is 0 Å². The van der Waals surface area contributed by atoms with E-state index in [1.165, 1.54) is 106 Å². The standard InChI is InChI=1S/C70H68BN3Si/c1-67(2,3)45-28-34-48(35-29-45)72(49-36-30-46(31-37-49)68(4,5)6)51-42-63-65-64(43-51)74-61-27-18-17-24-57(61)70(55-22-15-13-20-53(55)54-21-14-16-23-56(54)70)58-25-19-26-60(66(58)74)71(65)59-41-40-52(75(10,11)12)44-62(59)73(63)50-38-32-47(33-39-50)69(7,8)9/h13-44H,1-12H3. The molecule has 370 valence electrons. The first-order valence-corrected chi connectivity index (χ1v) is 30.7. The molecule has 4 aliphatic rings. The average Bonchev–Trinajstić information content (AvgIpc) is 3.78. The molecule has 1 spiro atoms. The predicted octanol–water partition coefficient (Wildman–Crippen LogP) is 16.4. The Morgan fingerprint density at radius 3 is 1.41 bits per heavy atom. The maximum atomic E-state index is 2.68. The summed E-state index contributed by atoms with van der Waals surface area (Å²) in [4.78, 5) is 7.82. The second-order valence-electron chi connectivity index (χ2n) is 25.9. The fourth-order valence-corrected chi connectivity index (χ4v) is 14.3. The van der Waals surface area contributed by atoms with E-state index in [9.17, 15) is 0 Å². The molecule has 13 rings (SSSR count). The van der Waals surface area contributed by atoms with Crippen LogP contribution in [0.15, 0.2) is 194 Å². The minimum Gasteiger partial charge on any atom is -0.311 e. The van der Waals surface area contributed by atoms with E-state index in [2.05, 4.69) is 291 Å². The molecule has 3 aliphatic heterocycles. The summed E-state index contributed by atoms with van der Waals surface area (Å²) in [6.45, 7) is 28.2. The van der Waals surface area contributed by atoms with Crippen molar-refractivity contribution in [3.63, 3.8) is 0 Å². The number of anilines is 9.